The van der Waals surface area contributed by atoms with Gasteiger partial charge in [0.05, 0.1) is 26.0 Å². The number of aliphatic hydroxyl groups excluding tert-OH is 1. The third-order valence-corrected chi connectivity index (χ3v) is 5.89. The van der Waals surface area contributed by atoms with Gasteiger partial charge < -0.3 is 19.3 Å². The predicted octanol–water partition coefficient (Wildman–Crippen LogP) is 3.16. The largest absolute Gasteiger partial charge is 0.493 e. The maximum Gasteiger partial charge on any atom is 0.319 e. The van der Waals surface area contributed by atoms with Crippen LogP contribution in [-0.4, -0.2) is 39.4 Å². The predicted molar refractivity (Wildman–Crippen MR) is 111 cm³/mol. The number of carbonyl (C=O) groups excluding carboxylic acids is 1. The molecule has 0 saturated heterocycles. The Labute approximate surface area is 179 Å². The molecule has 1 fully saturated rings. The fraction of sp³-hybridized carbons (Fsp3) is 0.435. The standard InChI is InChI=1S/C23H25N3O5/c1-13(2)11-31-22(28)23(8-9-23)21-24-19-18(29-3)7-6-17(26(19)25-21)14-4-5-16-15(10-14)12-30-20(16)27/h4-7,10,13,20,27H,8-9,11-12H2,1-3H3. The Hall–Kier alpha value is -2.97. The van der Waals surface area contributed by atoms with Crippen LogP contribution in [0, 0.1) is 5.92 Å². The van der Waals surface area contributed by atoms with Crippen LogP contribution in [0.1, 0.15) is 49.9 Å². The van der Waals surface area contributed by atoms with Crippen LogP contribution < -0.4 is 4.74 Å². The Morgan fingerprint density at radius 3 is 2.84 bits per heavy atom. The van der Waals surface area contributed by atoms with Crippen molar-refractivity contribution in [1.82, 2.24) is 14.6 Å². The normalized spacial score (nSPS) is 18.9. The van der Waals surface area contributed by atoms with E-state index in [1.54, 1.807) is 11.6 Å². The van der Waals surface area contributed by atoms with Crippen molar-refractivity contribution in [1.29, 1.82) is 0 Å². The van der Waals surface area contributed by atoms with Gasteiger partial charge in [0.2, 0.25) is 0 Å². The lowest BCUT2D eigenvalue weighted by Crippen LogP contribution is -2.26. The zero-order valence-corrected chi connectivity index (χ0v) is 17.8. The number of ether oxygens (including phenoxy) is 3. The molecule has 3 aromatic rings. The second-order valence-electron chi connectivity index (χ2n) is 8.61. The summed E-state index contributed by atoms with van der Waals surface area (Å²) in [7, 11) is 1.58. The number of carbonyl (C=O) groups is 1. The van der Waals surface area contributed by atoms with Gasteiger partial charge in [-0.15, -0.1) is 5.10 Å². The molecule has 8 heteroatoms. The Morgan fingerprint density at radius 2 is 2.13 bits per heavy atom. The summed E-state index contributed by atoms with van der Waals surface area (Å²) in [6, 6.07) is 9.52. The molecule has 1 saturated carbocycles. The van der Waals surface area contributed by atoms with Crippen molar-refractivity contribution in [2.24, 2.45) is 5.92 Å². The number of hydrogen-bond acceptors (Lipinski definition) is 7. The van der Waals surface area contributed by atoms with E-state index in [9.17, 15) is 9.90 Å². The highest BCUT2D eigenvalue weighted by Gasteiger charge is 2.56. The van der Waals surface area contributed by atoms with Crippen molar-refractivity contribution in [3.05, 3.63) is 47.3 Å². The van der Waals surface area contributed by atoms with Gasteiger partial charge in [-0.2, -0.15) is 0 Å². The van der Waals surface area contributed by atoms with Gasteiger partial charge in [0.1, 0.15) is 5.41 Å². The van der Waals surface area contributed by atoms with Crippen molar-refractivity contribution < 1.29 is 24.1 Å². The first-order valence-electron chi connectivity index (χ1n) is 10.5. The third-order valence-electron chi connectivity index (χ3n) is 5.89. The number of aromatic nitrogens is 3. The summed E-state index contributed by atoms with van der Waals surface area (Å²) < 4.78 is 18.0. The van der Waals surface area contributed by atoms with Crippen LogP contribution in [0.25, 0.3) is 16.9 Å². The van der Waals surface area contributed by atoms with Gasteiger partial charge in [-0.1, -0.05) is 26.0 Å². The van der Waals surface area contributed by atoms with E-state index in [4.69, 9.17) is 24.3 Å². The van der Waals surface area contributed by atoms with Crippen molar-refractivity contribution in [2.45, 2.75) is 45.0 Å². The van der Waals surface area contributed by atoms with Crippen LogP contribution in [0.5, 0.6) is 5.75 Å². The maximum absolute atomic E-state index is 12.8. The summed E-state index contributed by atoms with van der Waals surface area (Å²) in [6.45, 7) is 4.75. The van der Waals surface area contributed by atoms with Gasteiger partial charge in [-0.05, 0) is 42.5 Å². The van der Waals surface area contributed by atoms with E-state index >= 15 is 0 Å². The summed E-state index contributed by atoms with van der Waals surface area (Å²) in [5, 5.41) is 14.6. The quantitative estimate of drug-likeness (QED) is 0.609. The molecule has 1 N–H and O–H groups in total. The monoisotopic (exact) mass is 423 g/mol. The van der Waals surface area contributed by atoms with E-state index in [-0.39, 0.29) is 11.9 Å². The van der Waals surface area contributed by atoms with Crippen LogP contribution in [0.15, 0.2) is 30.3 Å². The van der Waals surface area contributed by atoms with Crippen LogP contribution in [0.2, 0.25) is 0 Å². The topological polar surface area (TPSA) is 95.2 Å². The number of aliphatic hydroxyl groups is 1. The molecule has 0 amide bonds. The second kappa shape index (κ2) is 7.32. The smallest absolute Gasteiger partial charge is 0.319 e. The lowest BCUT2D eigenvalue weighted by molar-refractivity contribution is -0.148. The molecule has 1 unspecified atom stereocenters. The Balaban J connectivity index is 1.58. The zero-order valence-electron chi connectivity index (χ0n) is 17.8. The average molecular weight is 423 g/mol. The first-order valence-corrected chi connectivity index (χ1v) is 10.5. The highest BCUT2D eigenvalue weighted by Crippen LogP contribution is 2.48. The van der Waals surface area contributed by atoms with Crippen LogP contribution in [0.4, 0.5) is 0 Å². The molecule has 3 heterocycles. The molecule has 1 aliphatic heterocycles. The SMILES string of the molecule is COc1ccc(-c2ccc3c(c2)COC3O)n2nc(C3(C(=O)OCC(C)C)CC3)nc12. The summed E-state index contributed by atoms with van der Waals surface area (Å²) in [5.41, 5.74) is 3.20. The van der Waals surface area contributed by atoms with E-state index in [0.29, 0.717) is 43.3 Å². The van der Waals surface area contributed by atoms with E-state index < -0.39 is 11.7 Å². The molecule has 0 spiro atoms. The Morgan fingerprint density at radius 1 is 1.32 bits per heavy atom. The third kappa shape index (κ3) is 3.26. The molecule has 162 valence electrons. The van der Waals surface area contributed by atoms with Crippen molar-refractivity contribution in [3.63, 3.8) is 0 Å². The number of benzene rings is 1. The van der Waals surface area contributed by atoms with E-state index in [1.807, 2.05) is 44.2 Å². The molecular formula is C23H25N3O5. The number of hydrogen-bond donors (Lipinski definition) is 1. The van der Waals surface area contributed by atoms with Crippen LogP contribution >= 0.6 is 0 Å². The molecular weight excluding hydrogens is 398 g/mol. The van der Waals surface area contributed by atoms with Crippen molar-refractivity contribution in [3.8, 4) is 17.0 Å². The van der Waals surface area contributed by atoms with E-state index in [1.165, 1.54) is 0 Å². The molecule has 2 aromatic heterocycles. The first-order chi connectivity index (χ1) is 14.9. The van der Waals surface area contributed by atoms with Crippen LogP contribution in [-0.2, 0) is 26.3 Å². The molecule has 8 nitrogen and oxygen atoms in total. The second-order valence-corrected chi connectivity index (χ2v) is 8.61. The van der Waals surface area contributed by atoms with E-state index in [0.717, 1.165) is 22.4 Å². The van der Waals surface area contributed by atoms with Crippen molar-refractivity contribution in [2.75, 3.05) is 13.7 Å². The minimum absolute atomic E-state index is 0.263. The number of rotatable bonds is 6. The average Bonchev–Trinajstić information content (AvgIpc) is 3.32. The number of methoxy groups -OCH3 is 1. The maximum atomic E-state index is 12.8. The number of fused-ring (bicyclic) bond motifs is 2. The summed E-state index contributed by atoms with van der Waals surface area (Å²) in [6.07, 6.45) is 0.462. The van der Waals surface area contributed by atoms with Gasteiger partial charge in [-0.3, -0.25) is 4.79 Å². The van der Waals surface area contributed by atoms with Crippen LogP contribution in [0.3, 0.4) is 0 Å². The highest BCUT2D eigenvalue weighted by molar-refractivity contribution is 5.86. The minimum atomic E-state index is -0.885. The minimum Gasteiger partial charge on any atom is -0.493 e. The highest BCUT2D eigenvalue weighted by atomic mass is 16.6. The number of pyridine rings is 1. The van der Waals surface area contributed by atoms with Crippen molar-refractivity contribution >= 4 is 11.6 Å². The molecule has 0 radical (unpaired) electrons. The van der Waals surface area contributed by atoms with Gasteiger partial charge in [-0.25, -0.2) is 9.50 Å². The Bertz CT molecular complexity index is 1170. The molecule has 2 aliphatic rings. The lowest BCUT2D eigenvalue weighted by Gasteiger charge is -2.12. The molecule has 1 aromatic carbocycles. The van der Waals surface area contributed by atoms with Gasteiger partial charge in [0.15, 0.2) is 23.5 Å². The molecule has 0 bridgehead atoms. The molecule has 31 heavy (non-hydrogen) atoms. The number of esters is 1. The Kier molecular flexibility index (Phi) is 4.71. The zero-order chi connectivity index (χ0) is 21.8. The summed E-state index contributed by atoms with van der Waals surface area (Å²) in [5.74, 6) is 1.05. The molecule has 1 atom stereocenters. The lowest BCUT2D eigenvalue weighted by atomic mass is 10.0. The van der Waals surface area contributed by atoms with E-state index in [2.05, 4.69) is 0 Å². The first kappa shape index (κ1) is 20.0. The summed E-state index contributed by atoms with van der Waals surface area (Å²) in [4.78, 5) is 17.5. The van der Waals surface area contributed by atoms with Gasteiger partial charge in [0, 0.05) is 11.1 Å². The molecule has 5 rings (SSSR count). The molecule has 1 aliphatic carbocycles. The van der Waals surface area contributed by atoms with Gasteiger partial charge >= 0.3 is 5.97 Å². The number of nitrogens with zero attached hydrogens (tertiary/aromatic N) is 3. The van der Waals surface area contributed by atoms with Gasteiger partial charge in [0.25, 0.3) is 0 Å². The fourth-order valence-electron chi connectivity index (χ4n) is 3.93. The summed E-state index contributed by atoms with van der Waals surface area (Å²) >= 11 is 0. The fourth-order valence-corrected chi connectivity index (χ4v) is 3.93.